The molecule has 2 fully saturated rings. The molecule has 3 heteroatoms. The molecular formula is C14H26N2S. The third-order valence-electron chi connectivity index (χ3n) is 4.25. The molecule has 0 aromatic heterocycles. The summed E-state index contributed by atoms with van der Waals surface area (Å²) in [6.07, 6.45) is 6.58. The van der Waals surface area contributed by atoms with E-state index in [0.29, 0.717) is 12.1 Å². The van der Waals surface area contributed by atoms with E-state index in [2.05, 4.69) is 31.4 Å². The second-order valence-corrected chi connectivity index (χ2v) is 6.73. The average molecular weight is 254 g/mol. The summed E-state index contributed by atoms with van der Waals surface area (Å²) in [6.45, 7) is 7.04. The molecule has 3 atom stereocenters. The first kappa shape index (κ1) is 13.1. The van der Waals surface area contributed by atoms with Crippen LogP contribution < -0.4 is 10.6 Å². The van der Waals surface area contributed by atoms with Gasteiger partial charge in [-0.15, -0.1) is 0 Å². The van der Waals surface area contributed by atoms with Gasteiger partial charge in [-0.3, -0.25) is 0 Å². The van der Waals surface area contributed by atoms with Crippen LogP contribution in [0.1, 0.15) is 52.9 Å². The Hall–Kier alpha value is -0.310. The van der Waals surface area contributed by atoms with Crippen LogP contribution in [0.5, 0.6) is 0 Å². The molecule has 2 nitrogen and oxygen atoms in total. The fourth-order valence-electron chi connectivity index (χ4n) is 2.99. The third-order valence-corrected chi connectivity index (χ3v) is 4.49. The zero-order valence-corrected chi connectivity index (χ0v) is 12.1. The van der Waals surface area contributed by atoms with Crippen molar-refractivity contribution in [2.75, 3.05) is 0 Å². The Morgan fingerprint density at radius 2 is 1.82 bits per heavy atom. The van der Waals surface area contributed by atoms with Gasteiger partial charge in [0.05, 0.1) is 0 Å². The highest BCUT2D eigenvalue weighted by atomic mass is 32.1. The fraction of sp³-hybridized carbons (Fsp3) is 0.929. The molecule has 0 aromatic rings. The number of hydrogen-bond donors (Lipinski definition) is 2. The zero-order chi connectivity index (χ0) is 12.4. The van der Waals surface area contributed by atoms with Crippen LogP contribution in [0.4, 0.5) is 0 Å². The molecule has 2 aliphatic rings. The molecule has 2 saturated carbocycles. The van der Waals surface area contributed by atoms with Gasteiger partial charge in [-0.25, -0.2) is 0 Å². The quantitative estimate of drug-likeness (QED) is 0.757. The average Bonchev–Trinajstić information content (AvgIpc) is 3.00. The van der Waals surface area contributed by atoms with E-state index in [0.717, 1.165) is 22.9 Å². The van der Waals surface area contributed by atoms with E-state index in [1.807, 2.05) is 0 Å². The highest BCUT2D eigenvalue weighted by Crippen LogP contribution is 2.33. The van der Waals surface area contributed by atoms with E-state index < -0.39 is 0 Å². The molecule has 0 bridgehead atoms. The van der Waals surface area contributed by atoms with Crippen molar-refractivity contribution < 1.29 is 0 Å². The summed E-state index contributed by atoms with van der Waals surface area (Å²) in [6, 6.07) is 1.24. The molecular weight excluding hydrogens is 228 g/mol. The maximum absolute atomic E-state index is 5.41. The summed E-state index contributed by atoms with van der Waals surface area (Å²) in [5.74, 6) is 2.38. The zero-order valence-electron chi connectivity index (χ0n) is 11.3. The van der Waals surface area contributed by atoms with E-state index in [4.69, 9.17) is 12.2 Å². The highest BCUT2D eigenvalue weighted by molar-refractivity contribution is 7.80. The van der Waals surface area contributed by atoms with Gasteiger partial charge in [-0.1, -0.05) is 27.2 Å². The molecule has 0 aliphatic heterocycles. The van der Waals surface area contributed by atoms with Crippen LogP contribution in [0.25, 0.3) is 0 Å². The molecule has 0 saturated heterocycles. The first-order chi connectivity index (χ1) is 8.06. The van der Waals surface area contributed by atoms with E-state index in [1.165, 1.54) is 32.1 Å². The molecule has 0 aromatic carbocycles. The van der Waals surface area contributed by atoms with Crippen LogP contribution in [0.3, 0.4) is 0 Å². The van der Waals surface area contributed by atoms with Crippen LogP contribution in [0.15, 0.2) is 0 Å². The summed E-state index contributed by atoms with van der Waals surface area (Å²) in [7, 11) is 0. The molecule has 2 N–H and O–H groups in total. The van der Waals surface area contributed by atoms with Gasteiger partial charge in [0.2, 0.25) is 0 Å². The lowest BCUT2D eigenvalue weighted by Crippen LogP contribution is -2.49. The van der Waals surface area contributed by atoms with Crippen LogP contribution in [0.2, 0.25) is 0 Å². The van der Waals surface area contributed by atoms with Crippen LogP contribution in [0, 0.1) is 17.8 Å². The first-order valence-corrected chi connectivity index (χ1v) is 7.54. The second-order valence-electron chi connectivity index (χ2n) is 6.32. The van der Waals surface area contributed by atoms with E-state index >= 15 is 0 Å². The van der Waals surface area contributed by atoms with Crippen molar-refractivity contribution in [1.82, 2.24) is 10.6 Å². The minimum atomic E-state index is 0.581. The summed E-state index contributed by atoms with van der Waals surface area (Å²) >= 11 is 5.41. The number of nitrogens with one attached hydrogen (secondary N) is 2. The smallest absolute Gasteiger partial charge is 0.166 e. The molecule has 2 rings (SSSR count). The lowest BCUT2D eigenvalue weighted by Gasteiger charge is -2.38. The summed E-state index contributed by atoms with van der Waals surface area (Å²) in [5, 5.41) is 7.85. The van der Waals surface area contributed by atoms with Gasteiger partial charge in [0.1, 0.15) is 0 Å². The molecule has 2 aliphatic carbocycles. The SMILES string of the molecule is CC(C)[C@@H]1CC[C@@H](C)C[C@@H]1NC(=S)NC1CC1. The molecule has 17 heavy (non-hydrogen) atoms. The Labute approximate surface area is 111 Å². The Morgan fingerprint density at radius 1 is 1.12 bits per heavy atom. The lowest BCUT2D eigenvalue weighted by atomic mass is 9.74. The molecule has 0 unspecified atom stereocenters. The summed E-state index contributed by atoms with van der Waals surface area (Å²) in [4.78, 5) is 0. The Bertz CT molecular complexity index is 273. The number of thiocarbonyl (C=S) groups is 1. The van der Waals surface area contributed by atoms with Crippen molar-refractivity contribution in [3.05, 3.63) is 0 Å². The van der Waals surface area contributed by atoms with E-state index in [1.54, 1.807) is 0 Å². The molecule has 0 heterocycles. The van der Waals surface area contributed by atoms with Gasteiger partial charge >= 0.3 is 0 Å². The van der Waals surface area contributed by atoms with E-state index in [-0.39, 0.29) is 0 Å². The second kappa shape index (κ2) is 5.55. The molecule has 0 radical (unpaired) electrons. The van der Waals surface area contributed by atoms with Crippen molar-refractivity contribution in [3.8, 4) is 0 Å². The maximum Gasteiger partial charge on any atom is 0.166 e. The third kappa shape index (κ3) is 3.84. The van der Waals surface area contributed by atoms with Crippen molar-refractivity contribution in [2.45, 2.75) is 65.0 Å². The molecule has 0 amide bonds. The van der Waals surface area contributed by atoms with Crippen molar-refractivity contribution in [2.24, 2.45) is 17.8 Å². The standard InChI is InChI=1S/C14H26N2S/c1-9(2)12-7-4-10(3)8-13(12)16-14(17)15-11-5-6-11/h9-13H,4-8H2,1-3H3,(H2,15,16,17)/t10-,12+,13+/m1/s1. The van der Waals surface area contributed by atoms with Crippen molar-refractivity contribution >= 4 is 17.3 Å². The predicted molar refractivity (Wildman–Crippen MR) is 77.0 cm³/mol. The predicted octanol–water partition coefficient (Wildman–Crippen LogP) is 3.07. The van der Waals surface area contributed by atoms with Gasteiger partial charge < -0.3 is 10.6 Å². The molecule has 98 valence electrons. The largest absolute Gasteiger partial charge is 0.360 e. The van der Waals surface area contributed by atoms with Crippen molar-refractivity contribution in [1.29, 1.82) is 0 Å². The molecule has 0 spiro atoms. The summed E-state index contributed by atoms with van der Waals surface area (Å²) < 4.78 is 0. The van der Waals surface area contributed by atoms with Gasteiger partial charge in [0.25, 0.3) is 0 Å². The topological polar surface area (TPSA) is 24.1 Å². The van der Waals surface area contributed by atoms with Crippen LogP contribution >= 0.6 is 12.2 Å². The Kier molecular flexibility index (Phi) is 4.29. The Morgan fingerprint density at radius 3 is 2.41 bits per heavy atom. The number of hydrogen-bond acceptors (Lipinski definition) is 1. The van der Waals surface area contributed by atoms with Crippen molar-refractivity contribution in [3.63, 3.8) is 0 Å². The van der Waals surface area contributed by atoms with Gasteiger partial charge in [-0.05, 0) is 55.7 Å². The summed E-state index contributed by atoms with van der Waals surface area (Å²) in [5.41, 5.74) is 0. The minimum absolute atomic E-state index is 0.581. The maximum atomic E-state index is 5.41. The lowest BCUT2D eigenvalue weighted by molar-refractivity contribution is 0.185. The first-order valence-electron chi connectivity index (χ1n) is 7.13. The van der Waals surface area contributed by atoms with Gasteiger partial charge in [-0.2, -0.15) is 0 Å². The van der Waals surface area contributed by atoms with E-state index in [9.17, 15) is 0 Å². The fourth-order valence-corrected chi connectivity index (χ4v) is 3.31. The Balaban J connectivity index is 1.87. The highest BCUT2D eigenvalue weighted by Gasteiger charge is 2.31. The minimum Gasteiger partial charge on any atom is -0.360 e. The number of rotatable bonds is 3. The monoisotopic (exact) mass is 254 g/mol. The van der Waals surface area contributed by atoms with Crippen LogP contribution in [-0.4, -0.2) is 17.2 Å². The van der Waals surface area contributed by atoms with Gasteiger partial charge in [0, 0.05) is 12.1 Å². The van der Waals surface area contributed by atoms with Crippen LogP contribution in [-0.2, 0) is 0 Å². The normalized spacial score (nSPS) is 33.5. The van der Waals surface area contributed by atoms with Gasteiger partial charge in [0.15, 0.2) is 5.11 Å².